The monoisotopic (exact) mass is 399 g/mol. The quantitative estimate of drug-likeness (QED) is 0.523. The maximum atomic E-state index is 13.4. The Morgan fingerprint density at radius 1 is 1.18 bits per heavy atom. The molecule has 1 aromatic carbocycles. The van der Waals surface area contributed by atoms with Crippen LogP contribution in [0.3, 0.4) is 0 Å². The first-order chi connectivity index (χ1) is 12.5. The van der Waals surface area contributed by atoms with Crippen LogP contribution in [0.1, 0.15) is 37.7 Å². The Kier molecular flexibility index (Phi) is 6.74. The van der Waals surface area contributed by atoms with Crippen molar-refractivity contribution in [1.29, 1.82) is 0 Å². The molecule has 0 radical (unpaired) electrons. The first-order valence-electron chi connectivity index (χ1n) is 8.70. The number of carbonyl (C=O) groups excluding carboxylic acids is 1. The van der Waals surface area contributed by atoms with Gasteiger partial charge in [0.15, 0.2) is 0 Å². The fourth-order valence-electron chi connectivity index (χ4n) is 3.83. The van der Waals surface area contributed by atoms with Gasteiger partial charge in [-0.2, -0.15) is 13.2 Å². The zero-order valence-corrected chi connectivity index (χ0v) is 15.4. The molecule has 1 heterocycles. The SMILES string of the molecule is O=C([O-])C1(N2CC[C@@H](Oc3cccc(C(F)(F)F)c3)C2)CCC(F)(F)CC1.[Li+]. The molecule has 0 amide bonds. The maximum absolute atomic E-state index is 13.4. The van der Waals surface area contributed by atoms with E-state index in [4.69, 9.17) is 4.74 Å². The molecule has 1 aliphatic heterocycles. The maximum Gasteiger partial charge on any atom is 1.00 e. The van der Waals surface area contributed by atoms with Crippen molar-refractivity contribution in [3.63, 3.8) is 0 Å². The molecular formula is C18H19F5LiNO3. The summed E-state index contributed by atoms with van der Waals surface area (Å²) in [5.74, 6) is -4.24. The van der Waals surface area contributed by atoms with E-state index in [1.807, 2.05) is 0 Å². The van der Waals surface area contributed by atoms with E-state index in [-0.39, 0.29) is 44.0 Å². The van der Waals surface area contributed by atoms with E-state index in [0.29, 0.717) is 13.0 Å². The molecule has 1 saturated carbocycles. The van der Waals surface area contributed by atoms with E-state index in [1.165, 1.54) is 12.1 Å². The van der Waals surface area contributed by atoms with Gasteiger partial charge in [0.25, 0.3) is 0 Å². The predicted molar refractivity (Wildman–Crippen MR) is 83.2 cm³/mol. The number of ether oxygens (including phenoxy) is 1. The molecule has 0 aromatic heterocycles. The third-order valence-electron chi connectivity index (χ3n) is 5.40. The minimum Gasteiger partial charge on any atom is -0.548 e. The van der Waals surface area contributed by atoms with Crippen LogP contribution in [0.25, 0.3) is 0 Å². The fourth-order valence-corrected chi connectivity index (χ4v) is 3.83. The van der Waals surface area contributed by atoms with Crippen LogP contribution in [0.4, 0.5) is 22.0 Å². The van der Waals surface area contributed by atoms with E-state index < -0.39 is 48.1 Å². The summed E-state index contributed by atoms with van der Waals surface area (Å²) in [6.45, 7) is 0.430. The van der Waals surface area contributed by atoms with Gasteiger partial charge in [-0.15, -0.1) is 0 Å². The molecule has 0 unspecified atom stereocenters. The number of halogens is 5. The summed E-state index contributed by atoms with van der Waals surface area (Å²) in [5.41, 5.74) is -2.32. The van der Waals surface area contributed by atoms with E-state index in [9.17, 15) is 31.9 Å². The largest absolute Gasteiger partial charge is 1.00 e. The summed E-state index contributed by atoms with van der Waals surface area (Å²) < 4.78 is 70.9. The number of likely N-dealkylation sites (tertiary alicyclic amines) is 1. The van der Waals surface area contributed by atoms with Crippen molar-refractivity contribution >= 4 is 5.97 Å². The summed E-state index contributed by atoms with van der Waals surface area (Å²) in [5, 5.41) is 11.7. The Labute approximate surface area is 171 Å². The molecule has 2 fully saturated rings. The van der Waals surface area contributed by atoms with Gasteiger partial charge in [0.2, 0.25) is 5.92 Å². The first kappa shape index (κ1) is 23.0. The van der Waals surface area contributed by atoms with Crippen molar-refractivity contribution in [3.05, 3.63) is 29.8 Å². The molecule has 1 aromatic rings. The van der Waals surface area contributed by atoms with Crippen LogP contribution in [-0.4, -0.2) is 41.5 Å². The average molecular weight is 399 g/mol. The minimum atomic E-state index is -4.49. The van der Waals surface area contributed by atoms with Crippen LogP contribution >= 0.6 is 0 Å². The van der Waals surface area contributed by atoms with E-state index in [1.54, 1.807) is 4.90 Å². The van der Waals surface area contributed by atoms with E-state index in [0.717, 1.165) is 12.1 Å². The van der Waals surface area contributed by atoms with Crippen LogP contribution in [0, 0.1) is 0 Å². The van der Waals surface area contributed by atoms with Gasteiger partial charge in [0, 0.05) is 25.9 Å². The first-order valence-corrected chi connectivity index (χ1v) is 8.70. The molecule has 150 valence electrons. The van der Waals surface area contributed by atoms with Gasteiger partial charge in [0.05, 0.1) is 17.1 Å². The molecule has 1 aliphatic carbocycles. The molecule has 0 N–H and O–H groups in total. The van der Waals surface area contributed by atoms with Gasteiger partial charge in [0.1, 0.15) is 11.9 Å². The third kappa shape index (κ3) is 4.81. The number of hydrogen-bond donors (Lipinski definition) is 0. The van der Waals surface area contributed by atoms with Crippen molar-refractivity contribution in [2.24, 2.45) is 0 Å². The van der Waals surface area contributed by atoms with Crippen LogP contribution in [0.5, 0.6) is 5.75 Å². The third-order valence-corrected chi connectivity index (χ3v) is 5.40. The van der Waals surface area contributed by atoms with Crippen molar-refractivity contribution < 1.29 is 55.5 Å². The molecule has 1 atom stereocenters. The van der Waals surface area contributed by atoms with Crippen LogP contribution in [0.2, 0.25) is 0 Å². The number of carboxylic acid groups (broad SMARTS) is 1. The van der Waals surface area contributed by atoms with Gasteiger partial charge >= 0.3 is 25.0 Å². The molecule has 0 bridgehead atoms. The summed E-state index contributed by atoms with van der Waals surface area (Å²) in [7, 11) is 0. The van der Waals surface area contributed by atoms with Gasteiger partial charge in [-0.1, -0.05) is 6.07 Å². The number of hydrogen-bond acceptors (Lipinski definition) is 4. The normalized spacial score (nSPS) is 24.4. The number of nitrogens with zero attached hydrogens (tertiary/aromatic N) is 1. The van der Waals surface area contributed by atoms with E-state index in [2.05, 4.69) is 0 Å². The molecule has 28 heavy (non-hydrogen) atoms. The topological polar surface area (TPSA) is 52.6 Å². The van der Waals surface area contributed by atoms with Crippen LogP contribution < -0.4 is 28.7 Å². The number of benzene rings is 1. The fraction of sp³-hybridized carbons (Fsp3) is 0.611. The zero-order valence-electron chi connectivity index (χ0n) is 15.4. The number of rotatable bonds is 4. The van der Waals surface area contributed by atoms with Crippen LogP contribution in [0.15, 0.2) is 24.3 Å². The second-order valence-electron chi connectivity index (χ2n) is 7.18. The molecule has 2 aliphatic rings. The second kappa shape index (κ2) is 8.21. The molecular weight excluding hydrogens is 380 g/mol. The molecule has 4 nitrogen and oxygen atoms in total. The standard InChI is InChI=1S/C18H20F5NO3.Li/c19-17(20)7-5-16(6-8-17,15(25)26)24-9-4-14(11-24)27-13-3-1-2-12(10-13)18(21,22)23;/h1-3,10,14H,4-9,11H2,(H,25,26);/q;+1/p-1/t14-;/m1./s1. The molecule has 3 rings (SSSR count). The second-order valence-corrected chi connectivity index (χ2v) is 7.18. The van der Waals surface area contributed by atoms with Crippen molar-refractivity contribution in [1.82, 2.24) is 4.90 Å². The Bertz CT molecular complexity index is 703. The number of alkyl halides is 5. The molecule has 0 spiro atoms. The minimum absolute atomic E-state index is 0. The summed E-state index contributed by atoms with van der Waals surface area (Å²) in [4.78, 5) is 13.3. The summed E-state index contributed by atoms with van der Waals surface area (Å²) in [6.07, 6.45) is -6.13. The smallest absolute Gasteiger partial charge is 0.548 e. The summed E-state index contributed by atoms with van der Waals surface area (Å²) >= 11 is 0. The Hall–Kier alpha value is -1.30. The van der Waals surface area contributed by atoms with Gasteiger partial charge in [-0.3, -0.25) is 4.90 Å². The van der Waals surface area contributed by atoms with Crippen molar-refractivity contribution in [2.75, 3.05) is 13.1 Å². The number of aliphatic carboxylic acids is 1. The van der Waals surface area contributed by atoms with Crippen molar-refractivity contribution in [2.45, 2.75) is 55.8 Å². The molecule has 1 saturated heterocycles. The van der Waals surface area contributed by atoms with Gasteiger partial charge in [-0.05, 0) is 37.5 Å². The Morgan fingerprint density at radius 3 is 2.39 bits per heavy atom. The average Bonchev–Trinajstić information content (AvgIpc) is 3.03. The predicted octanol–water partition coefficient (Wildman–Crippen LogP) is -0.139. The Morgan fingerprint density at radius 2 is 1.82 bits per heavy atom. The Balaban J connectivity index is 0.00000280. The summed E-state index contributed by atoms with van der Waals surface area (Å²) in [6, 6.07) is 4.45. The van der Waals surface area contributed by atoms with Crippen molar-refractivity contribution in [3.8, 4) is 5.75 Å². The molecule has 10 heteroatoms. The van der Waals surface area contributed by atoms with Crippen LogP contribution in [-0.2, 0) is 11.0 Å². The van der Waals surface area contributed by atoms with E-state index >= 15 is 0 Å². The zero-order chi connectivity index (χ0) is 19.9. The number of carbonyl (C=O) groups is 1. The van der Waals surface area contributed by atoms with Gasteiger partial charge in [-0.25, -0.2) is 8.78 Å². The number of carboxylic acids is 1. The van der Waals surface area contributed by atoms with Gasteiger partial charge < -0.3 is 14.6 Å².